The van der Waals surface area contributed by atoms with E-state index in [1.165, 1.54) is 40.5 Å². The molecule has 1 N–H and O–H groups in total. The van der Waals surface area contributed by atoms with E-state index in [2.05, 4.69) is 5.32 Å². The van der Waals surface area contributed by atoms with Gasteiger partial charge in [-0.1, -0.05) is 12.1 Å². The van der Waals surface area contributed by atoms with E-state index in [-0.39, 0.29) is 11.5 Å². The molecule has 0 unspecified atom stereocenters. The van der Waals surface area contributed by atoms with Crippen molar-refractivity contribution in [1.82, 2.24) is 0 Å². The summed E-state index contributed by atoms with van der Waals surface area (Å²) in [5.41, 5.74) is 2.39. The maximum atomic E-state index is 13.3. The van der Waals surface area contributed by atoms with Gasteiger partial charge in [-0.05, 0) is 53.9 Å². The average molecular weight is 407 g/mol. The minimum absolute atomic E-state index is 0.180. The number of nitrogens with one attached hydrogen (secondary N) is 1. The molecule has 2 aromatic carbocycles. The van der Waals surface area contributed by atoms with Crippen molar-refractivity contribution in [3.63, 3.8) is 0 Å². The summed E-state index contributed by atoms with van der Waals surface area (Å²) < 4.78 is 13.3. The highest BCUT2D eigenvalue weighted by Gasteiger charge is 2.40. The first-order chi connectivity index (χ1) is 14.0. The number of carbonyl (C=O) groups excluding carboxylic acids is 2. The first-order valence-electron chi connectivity index (χ1n) is 8.92. The fraction of sp³-hybridized carbons (Fsp3) is 0.0909. The summed E-state index contributed by atoms with van der Waals surface area (Å²) in [5, 5.41) is 4.87. The average Bonchev–Trinajstić information content (AvgIpc) is 3.31. The lowest BCUT2D eigenvalue weighted by Gasteiger charge is -2.19. The van der Waals surface area contributed by atoms with Gasteiger partial charge in [-0.15, -0.1) is 11.3 Å². The van der Waals surface area contributed by atoms with Crippen molar-refractivity contribution < 1.29 is 14.0 Å². The van der Waals surface area contributed by atoms with E-state index < -0.39 is 11.8 Å². The minimum atomic E-state index is -0.446. The number of rotatable bonds is 5. The molecular formula is C22H18FN3O2S. The number of thiophene rings is 1. The van der Waals surface area contributed by atoms with Gasteiger partial charge in [0.15, 0.2) is 0 Å². The van der Waals surface area contributed by atoms with Gasteiger partial charge in [0.2, 0.25) is 0 Å². The normalized spacial score (nSPS) is 14.0. The summed E-state index contributed by atoms with van der Waals surface area (Å²) in [7, 11) is 3.78. The Balaban J connectivity index is 1.78. The fourth-order valence-electron chi connectivity index (χ4n) is 3.12. The summed E-state index contributed by atoms with van der Waals surface area (Å²) in [4.78, 5) is 30.3. The summed E-state index contributed by atoms with van der Waals surface area (Å²) in [6.07, 6.45) is 0. The first kappa shape index (κ1) is 18.9. The Bertz CT molecular complexity index is 1110. The van der Waals surface area contributed by atoms with Gasteiger partial charge in [-0.2, -0.15) is 0 Å². The minimum Gasteiger partial charge on any atom is -0.378 e. The van der Waals surface area contributed by atoms with Crippen molar-refractivity contribution in [3.05, 3.63) is 82.4 Å². The molecule has 0 saturated heterocycles. The van der Waals surface area contributed by atoms with E-state index in [1.807, 2.05) is 36.5 Å². The smallest absolute Gasteiger partial charge is 0.282 e. The number of hydrogen-bond donors (Lipinski definition) is 1. The molecule has 3 aromatic rings. The van der Waals surface area contributed by atoms with Gasteiger partial charge in [-0.3, -0.25) is 9.59 Å². The van der Waals surface area contributed by atoms with Crippen molar-refractivity contribution in [3.8, 4) is 0 Å². The number of halogens is 1. The quantitative estimate of drug-likeness (QED) is 0.639. The molecule has 2 heterocycles. The van der Waals surface area contributed by atoms with Crippen LogP contribution < -0.4 is 15.1 Å². The van der Waals surface area contributed by atoms with E-state index in [1.54, 1.807) is 24.3 Å². The topological polar surface area (TPSA) is 52.6 Å². The number of amides is 2. The van der Waals surface area contributed by atoms with Crippen molar-refractivity contribution in [2.45, 2.75) is 0 Å². The van der Waals surface area contributed by atoms with Gasteiger partial charge in [0, 0.05) is 30.3 Å². The maximum absolute atomic E-state index is 13.3. The molecule has 1 aliphatic rings. The number of carbonyl (C=O) groups is 2. The molecule has 0 aliphatic carbocycles. The largest absolute Gasteiger partial charge is 0.378 e. The number of benzene rings is 2. The zero-order valence-corrected chi connectivity index (χ0v) is 16.7. The van der Waals surface area contributed by atoms with Crippen LogP contribution in [0.15, 0.2) is 71.7 Å². The first-order valence-corrected chi connectivity index (χ1v) is 9.80. The van der Waals surface area contributed by atoms with Crippen molar-refractivity contribution in [1.29, 1.82) is 0 Å². The Kier molecular flexibility index (Phi) is 4.90. The summed E-state index contributed by atoms with van der Waals surface area (Å²) in [5.74, 6) is -1.21. The van der Waals surface area contributed by atoms with Crippen LogP contribution in [-0.2, 0) is 9.59 Å². The molecule has 7 heteroatoms. The highest BCUT2D eigenvalue weighted by molar-refractivity contribution is 7.11. The molecule has 1 aromatic heterocycles. The van der Waals surface area contributed by atoms with Gasteiger partial charge >= 0.3 is 0 Å². The second-order valence-corrected chi connectivity index (χ2v) is 7.67. The SMILES string of the molecule is CN(C)c1cccc(N2C(=O)C(Nc3ccc(F)cc3)=C(c3cccs3)C2=O)c1. The van der Waals surface area contributed by atoms with Crippen LogP contribution in [-0.4, -0.2) is 25.9 Å². The van der Waals surface area contributed by atoms with Gasteiger partial charge in [0.1, 0.15) is 11.5 Å². The Morgan fingerprint density at radius 2 is 1.72 bits per heavy atom. The third-order valence-corrected chi connectivity index (χ3v) is 5.46. The van der Waals surface area contributed by atoms with Crippen LogP contribution in [0.2, 0.25) is 0 Å². The van der Waals surface area contributed by atoms with E-state index in [0.29, 0.717) is 21.8 Å². The molecule has 0 atom stereocenters. The number of hydrogen-bond acceptors (Lipinski definition) is 5. The molecule has 0 spiro atoms. The van der Waals surface area contributed by atoms with Crippen LogP contribution in [0.4, 0.5) is 21.5 Å². The number of anilines is 3. The van der Waals surface area contributed by atoms with Crippen molar-refractivity contribution >= 4 is 45.8 Å². The highest BCUT2D eigenvalue weighted by Crippen LogP contribution is 2.36. The van der Waals surface area contributed by atoms with Crippen LogP contribution in [0.5, 0.6) is 0 Å². The lowest BCUT2D eigenvalue weighted by Crippen LogP contribution is -2.32. The van der Waals surface area contributed by atoms with Crippen LogP contribution in [0, 0.1) is 5.82 Å². The third kappa shape index (κ3) is 3.52. The van der Waals surface area contributed by atoms with Crippen LogP contribution in [0.25, 0.3) is 5.57 Å². The fourth-order valence-corrected chi connectivity index (χ4v) is 3.89. The lowest BCUT2D eigenvalue weighted by atomic mass is 10.2. The number of imide groups is 1. The summed E-state index contributed by atoms with van der Waals surface area (Å²) >= 11 is 1.38. The second kappa shape index (κ2) is 7.52. The predicted molar refractivity (Wildman–Crippen MR) is 115 cm³/mol. The molecule has 0 fully saturated rings. The van der Waals surface area contributed by atoms with E-state index in [4.69, 9.17) is 0 Å². The molecule has 0 saturated carbocycles. The zero-order valence-electron chi connectivity index (χ0n) is 15.8. The summed E-state index contributed by atoms with van der Waals surface area (Å²) in [6.45, 7) is 0. The lowest BCUT2D eigenvalue weighted by molar-refractivity contribution is -0.120. The van der Waals surface area contributed by atoms with Gasteiger partial charge in [0.25, 0.3) is 11.8 Å². The molecule has 0 radical (unpaired) electrons. The van der Waals surface area contributed by atoms with Crippen LogP contribution in [0.1, 0.15) is 4.88 Å². The van der Waals surface area contributed by atoms with Crippen molar-refractivity contribution in [2.75, 3.05) is 29.2 Å². The Morgan fingerprint density at radius 3 is 2.38 bits per heavy atom. The monoisotopic (exact) mass is 407 g/mol. The zero-order chi connectivity index (χ0) is 20.5. The maximum Gasteiger partial charge on any atom is 0.282 e. The Morgan fingerprint density at radius 1 is 0.966 bits per heavy atom. The van der Waals surface area contributed by atoms with E-state index in [0.717, 1.165) is 5.69 Å². The molecule has 5 nitrogen and oxygen atoms in total. The summed E-state index contributed by atoms with van der Waals surface area (Å²) in [6, 6.07) is 16.5. The molecule has 146 valence electrons. The van der Waals surface area contributed by atoms with Crippen molar-refractivity contribution in [2.24, 2.45) is 0 Å². The highest BCUT2D eigenvalue weighted by atomic mass is 32.1. The molecule has 1 aliphatic heterocycles. The number of nitrogens with zero attached hydrogens (tertiary/aromatic N) is 2. The predicted octanol–water partition coefficient (Wildman–Crippen LogP) is 4.35. The molecule has 0 bridgehead atoms. The Labute approximate surface area is 171 Å². The van der Waals surface area contributed by atoms with Gasteiger partial charge in [0.05, 0.1) is 11.3 Å². The molecule has 4 rings (SSSR count). The van der Waals surface area contributed by atoms with Crippen LogP contribution in [0.3, 0.4) is 0 Å². The Hall–Kier alpha value is -3.45. The van der Waals surface area contributed by atoms with Gasteiger partial charge < -0.3 is 10.2 Å². The van der Waals surface area contributed by atoms with Crippen LogP contribution >= 0.6 is 11.3 Å². The molecule has 29 heavy (non-hydrogen) atoms. The third-order valence-electron chi connectivity index (χ3n) is 4.57. The standard InChI is InChI=1S/C22H18FN3O2S/c1-25(2)16-5-3-6-17(13-16)26-21(27)19(18-7-4-12-29-18)20(22(26)28)24-15-10-8-14(23)9-11-15/h3-13,24H,1-2H3. The molecular weight excluding hydrogens is 389 g/mol. The molecule has 2 amide bonds. The van der Waals surface area contributed by atoms with Gasteiger partial charge in [-0.25, -0.2) is 9.29 Å². The van der Waals surface area contributed by atoms with E-state index in [9.17, 15) is 14.0 Å². The van der Waals surface area contributed by atoms with E-state index >= 15 is 0 Å². The second-order valence-electron chi connectivity index (χ2n) is 6.72.